The van der Waals surface area contributed by atoms with Gasteiger partial charge in [-0.2, -0.15) is 0 Å². The number of hydrogen-bond donors (Lipinski definition) is 0. The van der Waals surface area contributed by atoms with E-state index in [1.54, 1.807) is 37.7 Å². The number of likely N-dealkylation sites (tertiary alicyclic amines) is 1. The molecule has 1 aromatic heterocycles. The highest BCUT2D eigenvalue weighted by atomic mass is 35.5. The van der Waals surface area contributed by atoms with Crippen molar-refractivity contribution in [3.05, 3.63) is 52.0 Å². The number of benzene rings is 2. The molecule has 1 fully saturated rings. The quantitative estimate of drug-likeness (QED) is 0.601. The number of methoxy groups -OCH3 is 2. The van der Waals surface area contributed by atoms with Gasteiger partial charge in [0.05, 0.1) is 35.0 Å². The van der Waals surface area contributed by atoms with E-state index in [4.69, 9.17) is 26.1 Å². The van der Waals surface area contributed by atoms with Crippen LogP contribution < -0.4 is 9.47 Å². The number of fused-ring (bicyclic) bond motifs is 1. The molecule has 7 heteroatoms. The van der Waals surface area contributed by atoms with Gasteiger partial charge in [0.2, 0.25) is 0 Å². The van der Waals surface area contributed by atoms with E-state index in [9.17, 15) is 4.79 Å². The highest BCUT2D eigenvalue weighted by Crippen LogP contribution is 2.36. The van der Waals surface area contributed by atoms with Crippen molar-refractivity contribution in [3.8, 4) is 11.5 Å². The summed E-state index contributed by atoms with van der Waals surface area (Å²) in [5, 5.41) is 1.83. The number of para-hydroxylation sites is 1. The predicted octanol–water partition coefficient (Wildman–Crippen LogP) is 4.99. The van der Waals surface area contributed by atoms with Gasteiger partial charge in [-0.3, -0.25) is 4.79 Å². The number of hydrogen-bond acceptors (Lipinski definition) is 5. The van der Waals surface area contributed by atoms with Crippen LogP contribution in [0.4, 0.5) is 0 Å². The van der Waals surface area contributed by atoms with E-state index in [1.807, 2.05) is 29.2 Å². The second-order valence-corrected chi connectivity index (χ2v) is 8.27. The molecule has 0 bridgehead atoms. The van der Waals surface area contributed by atoms with Crippen molar-refractivity contribution < 1.29 is 14.3 Å². The van der Waals surface area contributed by atoms with Gasteiger partial charge in [0, 0.05) is 24.0 Å². The average Bonchev–Trinajstić information content (AvgIpc) is 3.15. The van der Waals surface area contributed by atoms with E-state index in [2.05, 4.69) is 0 Å². The van der Waals surface area contributed by atoms with Gasteiger partial charge in [-0.05, 0) is 43.2 Å². The highest BCUT2D eigenvalue weighted by Gasteiger charge is 2.28. The number of aromatic nitrogens is 1. The van der Waals surface area contributed by atoms with E-state index in [-0.39, 0.29) is 5.91 Å². The lowest BCUT2D eigenvalue weighted by atomic mass is 9.97. The SMILES string of the molecule is COc1cccc(C(=O)N2CCC(c3nc4cc(Cl)ccc4s3)CC2)c1OC. The zero-order chi connectivity index (χ0) is 19.7. The molecule has 5 nitrogen and oxygen atoms in total. The molecule has 4 rings (SSSR count). The first kappa shape index (κ1) is 19.0. The minimum atomic E-state index is -0.0229. The van der Waals surface area contributed by atoms with Crippen molar-refractivity contribution in [3.63, 3.8) is 0 Å². The van der Waals surface area contributed by atoms with Crippen LogP contribution in [0.3, 0.4) is 0 Å². The molecular weight excluding hydrogens is 396 g/mol. The van der Waals surface area contributed by atoms with Crippen LogP contribution in [0.5, 0.6) is 11.5 Å². The third kappa shape index (κ3) is 3.54. The van der Waals surface area contributed by atoms with Gasteiger partial charge in [0.1, 0.15) is 0 Å². The fraction of sp³-hybridized carbons (Fsp3) is 0.333. The molecule has 146 valence electrons. The highest BCUT2D eigenvalue weighted by molar-refractivity contribution is 7.18. The normalized spacial score (nSPS) is 15.0. The molecule has 0 atom stereocenters. The molecule has 0 aliphatic carbocycles. The predicted molar refractivity (Wildman–Crippen MR) is 112 cm³/mol. The number of thiazole rings is 1. The van der Waals surface area contributed by atoms with Crippen LogP contribution >= 0.6 is 22.9 Å². The molecular formula is C21H21ClN2O3S. The molecule has 0 radical (unpaired) electrons. The van der Waals surface area contributed by atoms with Crippen LogP contribution in [0.1, 0.15) is 34.1 Å². The second kappa shape index (κ2) is 7.97. The Hall–Kier alpha value is -2.31. The van der Waals surface area contributed by atoms with Crippen LogP contribution in [-0.2, 0) is 0 Å². The number of piperidine rings is 1. The van der Waals surface area contributed by atoms with Crippen LogP contribution in [0.2, 0.25) is 5.02 Å². The molecule has 2 heterocycles. The fourth-order valence-electron chi connectivity index (χ4n) is 3.65. The van der Waals surface area contributed by atoms with Crippen molar-refractivity contribution in [1.29, 1.82) is 0 Å². The number of amides is 1. The van der Waals surface area contributed by atoms with Gasteiger partial charge < -0.3 is 14.4 Å². The summed E-state index contributed by atoms with van der Waals surface area (Å²) in [5.41, 5.74) is 1.49. The molecule has 1 amide bonds. The van der Waals surface area contributed by atoms with Crippen molar-refractivity contribution in [2.24, 2.45) is 0 Å². The van der Waals surface area contributed by atoms with Crippen molar-refractivity contribution in [2.75, 3.05) is 27.3 Å². The lowest BCUT2D eigenvalue weighted by molar-refractivity contribution is 0.0709. The molecule has 1 saturated heterocycles. The van der Waals surface area contributed by atoms with Gasteiger partial charge in [0.25, 0.3) is 5.91 Å². The Morgan fingerprint density at radius 3 is 2.68 bits per heavy atom. The van der Waals surface area contributed by atoms with Crippen molar-refractivity contribution in [2.45, 2.75) is 18.8 Å². The maximum absolute atomic E-state index is 13.0. The Balaban J connectivity index is 1.48. The maximum Gasteiger partial charge on any atom is 0.257 e. The van der Waals surface area contributed by atoms with Crippen molar-refractivity contribution in [1.82, 2.24) is 9.88 Å². The number of nitrogens with zero attached hydrogens (tertiary/aromatic N) is 2. The minimum Gasteiger partial charge on any atom is -0.493 e. The average molecular weight is 417 g/mol. The fourth-order valence-corrected chi connectivity index (χ4v) is 4.93. The first-order valence-corrected chi connectivity index (χ1v) is 10.4. The van der Waals surface area contributed by atoms with Crippen LogP contribution in [0.25, 0.3) is 10.2 Å². The van der Waals surface area contributed by atoms with Gasteiger partial charge in [-0.15, -0.1) is 11.3 Å². The molecule has 1 aliphatic rings. The summed E-state index contributed by atoms with van der Waals surface area (Å²) < 4.78 is 11.9. The Bertz CT molecular complexity index is 1010. The zero-order valence-corrected chi connectivity index (χ0v) is 17.3. The van der Waals surface area contributed by atoms with Crippen LogP contribution in [-0.4, -0.2) is 43.1 Å². The third-order valence-corrected chi connectivity index (χ3v) is 6.56. The number of carbonyl (C=O) groups excluding carboxylic acids is 1. The maximum atomic E-state index is 13.0. The van der Waals surface area contributed by atoms with Crippen LogP contribution in [0, 0.1) is 0 Å². The summed E-state index contributed by atoms with van der Waals surface area (Å²) in [7, 11) is 3.13. The molecule has 0 unspecified atom stereocenters. The topological polar surface area (TPSA) is 51.7 Å². The summed E-state index contributed by atoms with van der Waals surface area (Å²) >= 11 is 7.79. The smallest absolute Gasteiger partial charge is 0.257 e. The van der Waals surface area contributed by atoms with Gasteiger partial charge in [0.15, 0.2) is 11.5 Å². The monoisotopic (exact) mass is 416 g/mol. The molecule has 0 N–H and O–H groups in total. The second-order valence-electron chi connectivity index (χ2n) is 6.77. The molecule has 0 saturated carbocycles. The lowest BCUT2D eigenvalue weighted by Crippen LogP contribution is -2.38. The summed E-state index contributed by atoms with van der Waals surface area (Å²) in [4.78, 5) is 19.7. The molecule has 2 aromatic carbocycles. The lowest BCUT2D eigenvalue weighted by Gasteiger charge is -2.31. The minimum absolute atomic E-state index is 0.0229. The number of halogens is 1. The van der Waals surface area contributed by atoms with Gasteiger partial charge in [-0.25, -0.2) is 4.98 Å². The van der Waals surface area contributed by atoms with Gasteiger partial charge in [-0.1, -0.05) is 17.7 Å². The third-order valence-electron chi connectivity index (χ3n) is 5.13. The molecule has 0 spiro atoms. The van der Waals surface area contributed by atoms with Crippen LogP contribution in [0.15, 0.2) is 36.4 Å². The Morgan fingerprint density at radius 2 is 1.96 bits per heavy atom. The first-order valence-electron chi connectivity index (χ1n) is 9.17. The van der Waals surface area contributed by atoms with E-state index in [0.717, 1.165) is 28.1 Å². The number of rotatable bonds is 4. The Morgan fingerprint density at radius 1 is 1.18 bits per heavy atom. The first-order chi connectivity index (χ1) is 13.6. The van der Waals surface area contributed by atoms with E-state index >= 15 is 0 Å². The van der Waals surface area contributed by atoms with E-state index < -0.39 is 0 Å². The Labute approximate surface area is 172 Å². The number of ether oxygens (including phenoxy) is 2. The van der Waals surface area contributed by atoms with Gasteiger partial charge >= 0.3 is 0 Å². The summed E-state index contributed by atoms with van der Waals surface area (Å²) in [6.07, 6.45) is 1.79. The molecule has 28 heavy (non-hydrogen) atoms. The van der Waals surface area contributed by atoms with Crippen molar-refractivity contribution >= 4 is 39.1 Å². The Kier molecular flexibility index (Phi) is 5.42. The molecule has 3 aromatic rings. The number of carbonyl (C=O) groups is 1. The largest absolute Gasteiger partial charge is 0.493 e. The van der Waals surface area contributed by atoms with E-state index in [1.165, 1.54) is 0 Å². The standard InChI is InChI=1S/C21H21ClN2O3S/c1-26-17-5-3-4-15(19(17)27-2)21(25)24-10-8-13(9-11-24)20-23-16-12-14(22)6-7-18(16)28-20/h3-7,12-13H,8-11H2,1-2H3. The zero-order valence-electron chi connectivity index (χ0n) is 15.8. The molecule has 1 aliphatic heterocycles. The summed E-state index contributed by atoms with van der Waals surface area (Å²) in [6.45, 7) is 1.39. The van der Waals surface area contributed by atoms with E-state index in [0.29, 0.717) is 41.1 Å². The summed E-state index contributed by atoms with van der Waals surface area (Å²) in [6, 6.07) is 11.2. The summed E-state index contributed by atoms with van der Waals surface area (Å²) in [5.74, 6) is 1.40.